The Morgan fingerprint density at radius 2 is 1.50 bits per heavy atom. The molecule has 0 unspecified atom stereocenters. The lowest BCUT2D eigenvalue weighted by Gasteiger charge is -2.34. The van der Waals surface area contributed by atoms with Crippen molar-refractivity contribution in [1.82, 2.24) is 29.9 Å². The highest BCUT2D eigenvalue weighted by molar-refractivity contribution is 6.00. The minimum Gasteiger partial charge on any atom is -0.378 e. The third-order valence-corrected chi connectivity index (χ3v) is 7.35. The fourth-order valence-corrected chi connectivity index (χ4v) is 5.00. The largest absolute Gasteiger partial charge is 0.378 e. The SMILES string of the molecule is CCn1nnc2c(N3CCOCC3)nc(-c3ccc(NC(=O)Nc4ccc(N5CCN(C)CC5)cc4)cc3)nc21. The van der Waals surface area contributed by atoms with Gasteiger partial charge in [0.05, 0.1) is 13.2 Å². The first-order chi connectivity index (χ1) is 19.6. The highest BCUT2D eigenvalue weighted by Crippen LogP contribution is 2.27. The fourth-order valence-electron chi connectivity index (χ4n) is 5.00. The van der Waals surface area contributed by atoms with E-state index >= 15 is 0 Å². The number of aromatic nitrogens is 5. The third kappa shape index (κ3) is 5.54. The van der Waals surface area contributed by atoms with E-state index < -0.39 is 0 Å². The van der Waals surface area contributed by atoms with Gasteiger partial charge in [0.1, 0.15) is 0 Å². The van der Waals surface area contributed by atoms with Crippen molar-refractivity contribution in [2.24, 2.45) is 0 Å². The summed E-state index contributed by atoms with van der Waals surface area (Å²) in [6, 6.07) is 15.2. The minimum absolute atomic E-state index is 0.301. The number of carbonyl (C=O) groups is 1. The number of amides is 2. The smallest absolute Gasteiger partial charge is 0.323 e. The molecule has 40 heavy (non-hydrogen) atoms. The Labute approximate surface area is 232 Å². The fraction of sp³-hybridized carbons (Fsp3) is 0.393. The van der Waals surface area contributed by atoms with Crippen LogP contribution in [0.4, 0.5) is 27.7 Å². The number of likely N-dealkylation sites (N-methyl/N-ethyl adjacent to an activating group) is 1. The number of urea groups is 1. The number of anilines is 4. The summed E-state index contributed by atoms with van der Waals surface area (Å²) in [5.74, 6) is 1.35. The number of nitrogens with zero attached hydrogens (tertiary/aromatic N) is 8. The van der Waals surface area contributed by atoms with E-state index in [4.69, 9.17) is 14.7 Å². The summed E-state index contributed by atoms with van der Waals surface area (Å²) < 4.78 is 7.30. The zero-order valence-electron chi connectivity index (χ0n) is 22.9. The number of rotatable bonds is 6. The van der Waals surface area contributed by atoms with Crippen molar-refractivity contribution in [3.05, 3.63) is 48.5 Å². The summed E-state index contributed by atoms with van der Waals surface area (Å²) in [7, 11) is 2.15. The van der Waals surface area contributed by atoms with E-state index in [0.717, 1.165) is 56.3 Å². The van der Waals surface area contributed by atoms with Gasteiger partial charge < -0.3 is 30.1 Å². The van der Waals surface area contributed by atoms with Crippen LogP contribution in [0.5, 0.6) is 0 Å². The van der Waals surface area contributed by atoms with Crippen molar-refractivity contribution >= 4 is 40.1 Å². The van der Waals surface area contributed by atoms with Crippen LogP contribution < -0.4 is 20.4 Å². The standard InChI is InChI=1S/C28H34N10O2/c1-3-38-27-24(33-34-38)26(37-16-18-40-19-17-37)31-25(32-27)20-4-6-21(7-5-20)29-28(39)30-22-8-10-23(11-9-22)36-14-12-35(2)13-15-36/h4-11H,3,12-19H2,1-2H3,(H2,29,30,39). The van der Waals surface area contributed by atoms with Gasteiger partial charge in [-0.05, 0) is 62.5 Å². The number of morpholine rings is 1. The van der Waals surface area contributed by atoms with Gasteiger partial charge in [-0.1, -0.05) is 5.21 Å². The maximum absolute atomic E-state index is 12.7. The van der Waals surface area contributed by atoms with Gasteiger partial charge in [0.2, 0.25) is 0 Å². The molecule has 2 aliphatic heterocycles. The van der Waals surface area contributed by atoms with Crippen molar-refractivity contribution in [3.63, 3.8) is 0 Å². The maximum atomic E-state index is 12.7. The van der Waals surface area contributed by atoms with Gasteiger partial charge in [0.25, 0.3) is 0 Å². The Kier molecular flexibility index (Phi) is 7.43. The molecule has 0 spiro atoms. The van der Waals surface area contributed by atoms with Crippen molar-refractivity contribution in [1.29, 1.82) is 0 Å². The Morgan fingerprint density at radius 3 is 2.15 bits per heavy atom. The molecular formula is C28H34N10O2. The van der Waals surface area contributed by atoms with Crippen molar-refractivity contribution < 1.29 is 9.53 Å². The molecule has 12 nitrogen and oxygen atoms in total. The van der Waals surface area contributed by atoms with Gasteiger partial charge in [-0.15, -0.1) is 5.10 Å². The van der Waals surface area contributed by atoms with Crippen LogP contribution in [0.25, 0.3) is 22.6 Å². The normalized spacial score (nSPS) is 16.4. The zero-order chi connectivity index (χ0) is 27.5. The maximum Gasteiger partial charge on any atom is 0.323 e. The zero-order valence-corrected chi connectivity index (χ0v) is 22.9. The molecule has 0 bridgehead atoms. The molecule has 2 amide bonds. The molecule has 208 valence electrons. The first kappa shape index (κ1) is 26.0. The third-order valence-electron chi connectivity index (χ3n) is 7.35. The van der Waals surface area contributed by atoms with Crippen LogP contribution in [0.15, 0.2) is 48.5 Å². The van der Waals surface area contributed by atoms with E-state index in [2.05, 4.69) is 54.8 Å². The van der Waals surface area contributed by atoms with Crippen molar-refractivity contribution in [2.45, 2.75) is 13.5 Å². The predicted octanol–water partition coefficient (Wildman–Crippen LogP) is 3.14. The predicted molar refractivity (Wildman–Crippen MR) is 156 cm³/mol. The lowest BCUT2D eigenvalue weighted by Crippen LogP contribution is -2.44. The number of aryl methyl sites for hydroxylation is 1. The summed E-state index contributed by atoms with van der Waals surface area (Å²) in [4.78, 5) is 29.2. The Balaban J connectivity index is 1.14. The second kappa shape index (κ2) is 11.4. The van der Waals surface area contributed by atoms with Crippen LogP contribution >= 0.6 is 0 Å². The highest BCUT2D eigenvalue weighted by Gasteiger charge is 2.22. The molecule has 0 atom stereocenters. The average molecular weight is 543 g/mol. The summed E-state index contributed by atoms with van der Waals surface area (Å²) in [6.07, 6.45) is 0. The summed E-state index contributed by atoms with van der Waals surface area (Å²) in [5, 5.41) is 14.4. The number of hydrogen-bond donors (Lipinski definition) is 2. The molecule has 0 saturated carbocycles. The number of nitrogens with one attached hydrogen (secondary N) is 2. The van der Waals surface area contributed by atoms with Gasteiger partial charge in [0, 0.05) is 68.4 Å². The Hall–Kier alpha value is -4.29. The first-order valence-corrected chi connectivity index (χ1v) is 13.7. The number of carbonyl (C=O) groups excluding carboxylic acids is 1. The monoisotopic (exact) mass is 542 g/mol. The Bertz CT molecular complexity index is 1460. The molecule has 0 aliphatic carbocycles. The molecule has 4 heterocycles. The van der Waals surface area contributed by atoms with Crippen LogP contribution in [-0.2, 0) is 11.3 Å². The molecule has 2 N–H and O–H groups in total. The molecule has 4 aromatic rings. The molecular weight excluding hydrogens is 508 g/mol. The molecule has 6 rings (SSSR count). The lowest BCUT2D eigenvalue weighted by atomic mass is 10.2. The topological polar surface area (TPSA) is 117 Å². The van der Waals surface area contributed by atoms with Crippen LogP contribution in [0, 0.1) is 0 Å². The van der Waals surface area contributed by atoms with Gasteiger partial charge in [0.15, 0.2) is 22.8 Å². The quantitative estimate of drug-likeness (QED) is 0.379. The summed E-state index contributed by atoms with van der Waals surface area (Å²) in [5.41, 5.74) is 4.82. The van der Waals surface area contributed by atoms with Crippen LogP contribution in [0.1, 0.15) is 6.92 Å². The molecule has 12 heteroatoms. The molecule has 2 fully saturated rings. The van der Waals surface area contributed by atoms with E-state index in [1.54, 1.807) is 4.68 Å². The number of ether oxygens (including phenoxy) is 1. The van der Waals surface area contributed by atoms with Crippen molar-refractivity contribution in [2.75, 3.05) is 80.0 Å². The molecule has 2 aliphatic rings. The molecule has 0 radical (unpaired) electrons. The number of benzene rings is 2. The number of hydrogen-bond acceptors (Lipinski definition) is 9. The van der Waals surface area contributed by atoms with Crippen LogP contribution in [0.3, 0.4) is 0 Å². The minimum atomic E-state index is -0.301. The second-order valence-electron chi connectivity index (χ2n) is 10.0. The van der Waals surface area contributed by atoms with E-state index in [0.29, 0.717) is 42.4 Å². The average Bonchev–Trinajstić information content (AvgIpc) is 3.41. The highest BCUT2D eigenvalue weighted by atomic mass is 16.5. The van der Waals surface area contributed by atoms with Crippen LogP contribution in [0.2, 0.25) is 0 Å². The van der Waals surface area contributed by atoms with E-state index in [-0.39, 0.29) is 6.03 Å². The molecule has 2 aromatic carbocycles. The summed E-state index contributed by atoms with van der Waals surface area (Å²) in [6.45, 7) is 9.55. The number of piperazine rings is 1. The van der Waals surface area contributed by atoms with Gasteiger partial charge in [-0.3, -0.25) is 0 Å². The molecule has 2 aromatic heterocycles. The lowest BCUT2D eigenvalue weighted by molar-refractivity contribution is 0.122. The number of fused-ring (bicyclic) bond motifs is 1. The van der Waals surface area contributed by atoms with Crippen molar-refractivity contribution in [3.8, 4) is 11.4 Å². The summed E-state index contributed by atoms with van der Waals surface area (Å²) >= 11 is 0. The van der Waals surface area contributed by atoms with Gasteiger partial charge >= 0.3 is 6.03 Å². The first-order valence-electron chi connectivity index (χ1n) is 13.7. The van der Waals surface area contributed by atoms with Gasteiger partial charge in [-0.25, -0.2) is 19.4 Å². The molecule has 2 saturated heterocycles. The van der Waals surface area contributed by atoms with Crippen LogP contribution in [-0.4, -0.2) is 95.4 Å². The van der Waals surface area contributed by atoms with Gasteiger partial charge in [-0.2, -0.15) is 0 Å². The van der Waals surface area contributed by atoms with E-state index in [1.807, 2.05) is 43.3 Å². The van der Waals surface area contributed by atoms with E-state index in [1.165, 1.54) is 5.69 Å². The second-order valence-corrected chi connectivity index (χ2v) is 10.0. The Morgan fingerprint density at radius 1 is 0.850 bits per heavy atom. The van der Waals surface area contributed by atoms with E-state index in [9.17, 15) is 4.79 Å².